The lowest BCUT2D eigenvalue weighted by atomic mass is 9.87. The molecule has 2 aromatic heterocycles. The lowest BCUT2D eigenvalue weighted by Gasteiger charge is -2.18. The van der Waals surface area contributed by atoms with E-state index < -0.39 is 0 Å². The number of aryl methyl sites for hydroxylation is 1. The molecule has 3 rings (SSSR count). The Bertz CT molecular complexity index is 747. The Kier molecular flexibility index (Phi) is 3.12. The minimum absolute atomic E-state index is 0.132. The van der Waals surface area contributed by atoms with Gasteiger partial charge >= 0.3 is 0 Å². The standard InChI is InChI=1S/C16H18N4O/c1-10-9-13(19-18-10)15-17-14(20-21-15)11-5-7-12(8-6-11)16(2,3)4/h5-9H,1-4H3,(H,18,19). The van der Waals surface area contributed by atoms with Crippen molar-refractivity contribution in [2.24, 2.45) is 0 Å². The van der Waals surface area contributed by atoms with Crippen molar-refractivity contribution >= 4 is 0 Å². The van der Waals surface area contributed by atoms with Crippen molar-refractivity contribution in [1.29, 1.82) is 0 Å². The highest BCUT2D eigenvalue weighted by Gasteiger charge is 2.15. The van der Waals surface area contributed by atoms with Gasteiger partial charge in [-0.1, -0.05) is 50.2 Å². The van der Waals surface area contributed by atoms with Crippen molar-refractivity contribution in [3.05, 3.63) is 41.6 Å². The van der Waals surface area contributed by atoms with Crippen molar-refractivity contribution in [2.75, 3.05) is 0 Å². The summed E-state index contributed by atoms with van der Waals surface area (Å²) in [6.07, 6.45) is 0. The summed E-state index contributed by atoms with van der Waals surface area (Å²) >= 11 is 0. The lowest BCUT2D eigenvalue weighted by molar-refractivity contribution is 0.431. The highest BCUT2D eigenvalue weighted by Crippen LogP contribution is 2.26. The van der Waals surface area contributed by atoms with Gasteiger partial charge in [-0.25, -0.2) is 0 Å². The number of hydrogen-bond donors (Lipinski definition) is 1. The van der Waals surface area contributed by atoms with E-state index in [-0.39, 0.29) is 5.41 Å². The van der Waals surface area contributed by atoms with E-state index in [1.807, 2.05) is 25.1 Å². The van der Waals surface area contributed by atoms with Crippen molar-refractivity contribution in [2.45, 2.75) is 33.1 Å². The van der Waals surface area contributed by atoms with Gasteiger partial charge in [0.25, 0.3) is 5.89 Å². The Hall–Kier alpha value is -2.43. The molecule has 5 nitrogen and oxygen atoms in total. The van der Waals surface area contributed by atoms with Crippen LogP contribution in [0.15, 0.2) is 34.9 Å². The maximum atomic E-state index is 5.27. The molecule has 0 saturated heterocycles. The number of hydrogen-bond acceptors (Lipinski definition) is 4. The van der Waals surface area contributed by atoms with Gasteiger partial charge < -0.3 is 4.52 Å². The fourth-order valence-corrected chi connectivity index (χ4v) is 2.09. The van der Waals surface area contributed by atoms with E-state index in [4.69, 9.17) is 4.52 Å². The number of nitrogens with one attached hydrogen (secondary N) is 1. The zero-order valence-electron chi connectivity index (χ0n) is 12.6. The third-order valence-corrected chi connectivity index (χ3v) is 3.36. The molecule has 0 spiro atoms. The molecule has 0 radical (unpaired) electrons. The van der Waals surface area contributed by atoms with Crippen LogP contribution in [-0.2, 0) is 5.41 Å². The minimum atomic E-state index is 0.132. The Morgan fingerprint density at radius 3 is 2.38 bits per heavy atom. The summed E-state index contributed by atoms with van der Waals surface area (Å²) in [5.41, 5.74) is 3.97. The zero-order chi connectivity index (χ0) is 15.0. The van der Waals surface area contributed by atoms with Crippen LogP contribution in [-0.4, -0.2) is 20.3 Å². The van der Waals surface area contributed by atoms with Crippen LogP contribution in [0.1, 0.15) is 32.0 Å². The van der Waals surface area contributed by atoms with Crippen LogP contribution in [0.25, 0.3) is 23.0 Å². The summed E-state index contributed by atoms with van der Waals surface area (Å²) in [4.78, 5) is 4.40. The Labute approximate surface area is 123 Å². The molecule has 108 valence electrons. The molecule has 5 heteroatoms. The van der Waals surface area contributed by atoms with Gasteiger partial charge in [-0.05, 0) is 24.0 Å². The van der Waals surface area contributed by atoms with Gasteiger partial charge in [-0.2, -0.15) is 10.1 Å². The van der Waals surface area contributed by atoms with Crippen LogP contribution >= 0.6 is 0 Å². The van der Waals surface area contributed by atoms with Crippen molar-refractivity contribution < 1.29 is 4.52 Å². The van der Waals surface area contributed by atoms with Gasteiger partial charge in [-0.3, -0.25) is 5.10 Å². The fourth-order valence-electron chi connectivity index (χ4n) is 2.09. The highest BCUT2D eigenvalue weighted by atomic mass is 16.5. The Morgan fingerprint density at radius 2 is 1.81 bits per heavy atom. The summed E-state index contributed by atoms with van der Waals surface area (Å²) < 4.78 is 5.27. The molecule has 0 saturated carbocycles. The van der Waals surface area contributed by atoms with Crippen LogP contribution < -0.4 is 0 Å². The second-order valence-electron chi connectivity index (χ2n) is 6.19. The first kappa shape index (κ1) is 13.5. The number of H-pyrrole nitrogens is 1. The predicted octanol–water partition coefficient (Wildman–Crippen LogP) is 3.73. The second-order valence-corrected chi connectivity index (χ2v) is 6.19. The summed E-state index contributed by atoms with van der Waals surface area (Å²) in [6, 6.07) is 10.1. The lowest BCUT2D eigenvalue weighted by Crippen LogP contribution is -2.10. The molecule has 3 aromatic rings. The average molecular weight is 282 g/mol. The van der Waals surface area contributed by atoms with Crippen LogP contribution in [0.3, 0.4) is 0 Å². The first-order valence-electron chi connectivity index (χ1n) is 6.90. The topological polar surface area (TPSA) is 67.6 Å². The van der Waals surface area contributed by atoms with Crippen LogP contribution in [0.5, 0.6) is 0 Å². The van der Waals surface area contributed by atoms with E-state index in [9.17, 15) is 0 Å². The average Bonchev–Trinajstić information content (AvgIpc) is 3.06. The van der Waals surface area contributed by atoms with E-state index in [0.717, 1.165) is 11.3 Å². The van der Waals surface area contributed by atoms with Gasteiger partial charge in [0.2, 0.25) is 5.82 Å². The smallest absolute Gasteiger partial charge is 0.278 e. The largest absolute Gasteiger partial charge is 0.332 e. The quantitative estimate of drug-likeness (QED) is 0.777. The van der Waals surface area contributed by atoms with E-state index >= 15 is 0 Å². The molecule has 2 heterocycles. The molecule has 0 unspecified atom stereocenters. The predicted molar refractivity (Wildman–Crippen MR) is 80.8 cm³/mol. The fraction of sp³-hybridized carbons (Fsp3) is 0.312. The molecule has 1 N–H and O–H groups in total. The molecule has 21 heavy (non-hydrogen) atoms. The molecule has 0 fully saturated rings. The summed E-state index contributed by atoms with van der Waals surface area (Å²) in [5, 5.41) is 11.0. The van der Waals surface area contributed by atoms with Crippen molar-refractivity contribution in [3.63, 3.8) is 0 Å². The van der Waals surface area contributed by atoms with Crippen LogP contribution in [0.4, 0.5) is 0 Å². The maximum absolute atomic E-state index is 5.27. The van der Waals surface area contributed by atoms with Crippen molar-refractivity contribution in [1.82, 2.24) is 20.3 Å². The maximum Gasteiger partial charge on any atom is 0.278 e. The van der Waals surface area contributed by atoms with E-state index in [2.05, 4.69) is 53.2 Å². The number of aromatic nitrogens is 4. The van der Waals surface area contributed by atoms with E-state index in [1.165, 1.54) is 5.56 Å². The normalized spacial score (nSPS) is 11.8. The summed E-state index contributed by atoms with van der Waals surface area (Å²) in [5.74, 6) is 1.00. The van der Waals surface area contributed by atoms with Gasteiger partial charge in [0, 0.05) is 11.3 Å². The summed E-state index contributed by atoms with van der Waals surface area (Å²) in [7, 11) is 0. The molecule has 0 bridgehead atoms. The molecule has 0 aliphatic carbocycles. The summed E-state index contributed by atoms with van der Waals surface area (Å²) in [6.45, 7) is 8.50. The number of rotatable bonds is 2. The first-order valence-corrected chi connectivity index (χ1v) is 6.90. The van der Waals surface area contributed by atoms with Crippen LogP contribution in [0, 0.1) is 6.92 Å². The van der Waals surface area contributed by atoms with Gasteiger partial charge in [-0.15, -0.1) is 0 Å². The molecular weight excluding hydrogens is 264 g/mol. The SMILES string of the molecule is Cc1cc(-c2nc(-c3ccc(C(C)(C)C)cc3)no2)n[nH]1. The monoisotopic (exact) mass is 282 g/mol. The van der Waals surface area contributed by atoms with Gasteiger partial charge in [0.05, 0.1) is 0 Å². The number of benzene rings is 1. The van der Waals surface area contributed by atoms with E-state index in [1.54, 1.807) is 0 Å². The molecular formula is C16H18N4O. The minimum Gasteiger partial charge on any atom is -0.332 e. The Morgan fingerprint density at radius 1 is 1.10 bits per heavy atom. The molecule has 0 atom stereocenters. The van der Waals surface area contributed by atoms with Gasteiger partial charge in [0.1, 0.15) is 0 Å². The van der Waals surface area contributed by atoms with Crippen molar-refractivity contribution in [3.8, 4) is 23.0 Å². The first-order chi connectivity index (χ1) is 9.93. The van der Waals surface area contributed by atoms with Crippen LogP contribution in [0.2, 0.25) is 0 Å². The molecule has 0 aliphatic heterocycles. The third-order valence-electron chi connectivity index (χ3n) is 3.36. The number of nitrogens with zero attached hydrogens (tertiary/aromatic N) is 3. The third kappa shape index (κ3) is 2.72. The van der Waals surface area contributed by atoms with E-state index in [0.29, 0.717) is 17.4 Å². The second kappa shape index (κ2) is 4.84. The number of aromatic amines is 1. The highest BCUT2D eigenvalue weighted by molar-refractivity contribution is 5.58. The van der Waals surface area contributed by atoms with Gasteiger partial charge in [0.15, 0.2) is 5.69 Å². The molecule has 1 aromatic carbocycles. The molecule has 0 aliphatic rings. The molecule has 0 amide bonds. The zero-order valence-corrected chi connectivity index (χ0v) is 12.6. The Balaban J connectivity index is 1.90.